The van der Waals surface area contributed by atoms with Gasteiger partial charge in [-0.25, -0.2) is 0 Å². The second-order valence-corrected chi connectivity index (χ2v) is 6.00. The molecule has 0 aliphatic carbocycles. The van der Waals surface area contributed by atoms with Crippen LogP contribution in [0.5, 0.6) is 5.75 Å². The van der Waals surface area contributed by atoms with E-state index < -0.39 is 0 Å². The number of hydrogen-bond donors (Lipinski definition) is 0. The molecule has 0 saturated heterocycles. The van der Waals surface area contributed by atoms with Crippen molar-refractivity contribution in [2.24, 2.45) is 0 Å². The average Bonchev–Trinajstić information content (AvgIpc) is 2.61. The van der Waals surface area contributed by atoms with Gasteiger partial charge in [0, 0.05) is 32.4 Å². The molecular weight excluding hydrogens is 288 g/mol. The van der Waals surface area contributed by atoms with Crippen molar-refractivity contribution in [1.29, 1.82) is 0 Å². The summed E-state index contributed by atoms with van der Waals surface area (Å²) in [4.78, 5) is 18.4. The molecule has 0 saturated carbocycles. The summed E-state index contributed by atoms with van der Waals surface area (Å²) in [5, 5.41) is 0. The maximum absolute atomic E-state index is 12.5. The maximum Gasteiger partial charge on any atom is 0.222 e. The first kappa shape index (κ1) is 15.5. The number of para-hydroxylation sites is 1. The highest BCUT2D eigenvalue weighted by Gasteiger charge is 2.24. The van der Waals surface area contributed by atoms with Crippen LogP contribution in [-0.4, -0.2) is 36.0 Å². The largest absolute Gasteiger partial charge is 0.493 e. The highest BCUT2D eigenvalue weighted by Crippen LogP contribution is 2.35. The summed E-state index contributed by atoms with van der Waals surface area (Å²) in [6, 6.07) is 12.0. The molecule has 1 unspecified atom stereocenters. The van der Waals surface area contributed by atoms with E-state index in [-0.39, 0.29) is 11.8 Å². The molecule has 2 heterocycles. The zero-order chi connectivity index (χ0) is 16.1. The first-order valence-corrected chi connectivity index (χ1v) is 8.08. The van der Waals surface area contributed by atoms with Crippen molar-refractivity contribution in [2.75, 3.05) is 20.2 Å². The molecule has 0 spiro atoms. The van der Waals surface area contributed by atoms with Gasteiger partial charge in [-0.3, -0.25) is 9.78 Å². The molecule has 0 fully saturated rings. The van der Waals surface area contributed by atoms with Crippen LogP contribution in [-0.2, 0) is 11.2 Å². The van der Waals surface area contributed by atoms with Gasteiger partial charge < -0.3 is 9.64 Å². The minimum absolute atomic E-state index is 0.195. The number of rotatable bonds is 5. The minimum atomic E-state index is 0.195. The number of fused-ring (bicyclic) bond motifs is 1. The van der Waals surface area contributed by atoms with Crippen LogP contribution in [0.2, 0.25) is 0 Å². The number of amides is 1. The fourth-order valence-corrected chi connectivity index (χ4v) is 2.97. The third kappa shape index (κ3) is 3.89. The SMILES string of the molecule is CN(CCc1ccncc1)C(=O)CC1CCOc2ccccc21. The molecule has 1 aliphatic heterocycles. The van der Waals surface area contributed by atoms with Gasteiger partial charge >= 0.3 is 0 Å². The number of likely N-dealkylation sites (N-methyl/N-ethyl adjacent to an activating group) is 1. The predicted molar refractivity (Wildman–Crippen MR) is 89.5 cm³/mol. The van der Waals surface area contributed by atoms with E-state index >= 15 is 0 Å². The Hall–Kier alpha value is -2.36. The standard InChI is InChI=1S/C19H22N2O2/c1-21(12-8-15-6-10-20-11-7-15)19(22)14-16-9-13-23-18-5-3-2-4-17(16)18/h2-7,10-11,16H,8-9,12-14H2,1H3. The summed E-state index contributed by atoms with van der Waals surface area (Å²) < 4.78 is 5.67. The molecule has 4 heteroatoms. The highest BCUT2D eigenvalue weighted by atomic mass is 16.5. The fraction of sp³-hybridized carbons (Fsp3) is 0.368. The summed E-state index contributed by atoms with van der Waals surface area (Å²) in [6.07, 6.45) is 5.88. The summed E-state index contributed by atoms with van der Waals surface area (Å²) in [7, 11) is 1.88. The second kappa shape index (κ2) is 7.27. The first-order valence-electron chi connectivity index (χ1n) is 8.08. The molecule has 0 bridgehead atoms. The number of hydrogen-bond acceptors (Lipinski definition) is 3. The van der Waals surface area contributed by atoms with E-state index in [1.54, 1.807) is 12.4 Å². The van der Waals surface area contributed by atoms with Crippen molar-refractivity contribution >= 4 is 5.91 Å². The first-order chi connectivity index (χ1) is 11.2. The molecule has 2 aromatic rings. The van der Waals surface area contributed by atoms with Crippen LogP contribution in [0.15, 0.2) is 48.8 Å². The molecule has 0 N–H and O–H groups in total. The minimum Gasteiger partial charge on any atom is -0.493 e. The molecule has 1 amide bonds. The van der Waals surface area contributed by atoms with Crippen molar-refractivity contribution < 1.29 is 9.53 Å². The molecule has 1 aliphatic rings. The lowest BCUT2D eigenvalue weighted by molar-refractivity contribution is -0.130. The molecule has 4 nitrogen and oxygen atoms in total. The Morgan fingerprint density at radius 1 is 1.26 bits per heavy atom. The van der Waals surface area contributed by atoms with Gasteiger partial charge in [0.1, 0.15) is 5.75 Å². The summed E-state index contributed by atoms with van der Waals surface area (Å²) in [5.74, 6) is 1.38. The maximum atomic E-state index is 12.5. The normalized spacial score (nSPS) is 16.3. The van der Waals surface area contributed by atoms with Crippen molar-refractivity contribution in [3.63, 3.8) is 0 Å². The monoisotopic (exact) mass is 310 g/mol. The molecule has 0 radical (unpaired) electrons. The topological polar surface area (TPSA) is 42.4 Å². The van der Waals surface area contributed by atoms with Crippen molar-refractivity contribution in [3.8, 4) is 5.75 Å². The Morgan fingerprint density at radius 2 is 2.04 bits per heavy atom. The van der Waals surface area contributed by atoms with Crippen molar-refractivity contribution in [2.45, 2.75) is 25.2 Å². The smallest absolute Gasteiger partial charge is 0.222 e. The van der Waals surface area contributed by atoms with Crippen LogP contribution in [0.3, 0.4) is 0 Å². The molecule has 120 valence electrons. The average molecular weight is 310 g/mol. The summed E-state index contributed by atoms with van der Waals surface area (Å²) >= 11 is 0. The number of pyridine rings is 1. The Balaban J connectivity index is 1.57. The van der Waals surface area contributed by atoms with Crippen LogP contribution in [0.1, 0.15) is 29.9 Å². The van der Waals surface area contributed by atoms with Gasteiger partial charge in [-0.1, -0.05) is 18.2 Å². The van der Waals surface area contributed by atoms with E-state index in [9.17, 15) is 4.79 Å². The van der Waals surface area contributed by atoms with Crippen LogP contribution in [0, 0.1) is 0 Å². The lowest BCUT2D eigenvalue weighted by atomic mass is 9.90. The Morgan fingerprint density at radius 3 is 2.87 bits per heavy atom. The number of carbonyl (C=O) groups is 1. The van der Waals surface area contributed by atoms with E-state index in [4.69, 9.17) is 4.74 Å². The number of aromatic nitrogens is 1. The molecule has 23 heavy (non-hydrogen) atoms. The third-order valence-corrected chi connectivity index (χ3v) is 4.41. The van der Waals surface area contributed by atoms with E-state index in [0.29, 0.717) is 13.0 Å². The quantitative estimate of drug-likeness (QED) is 0.852. The van der Waals surface area contributed by atoms with Gasteiger partial charge in [-0.05, 0) is 48.1 Å². The third-order valence-electron chi connectivity index (χ3n) is 4.41. The number of nitrogens with zero attached hydrogens (tertiary/aromatic N) is 2. The van der Waals surface area contributed by atoms with Crippen LogP contribution in [0.25, 0.3) is 0 Å². The van der Waals surface area contributed by atoms with Crippen molar-refractivity contribution in [1.82, 2.24) is 9.88 Å². The van der Waals surface area contributed by atoms with E-state index in [1.165, 1.54) is 5.56 Å². The molecule has 3 rings (SSSR count). The fourth-order valence-electron chi connectivity index (χ4n) is 2.97. The Labute approximate surface area is 137 Å². The highest BCUT2D eigenvalue weighted by molar-refractivity contribution is 5.77. The lowest BCUT2D eigenvalue weighted by Gasteiger charge is -2.27. The lowest BCUT2D eigenvalue weighted by Crippen LogP contribution is -2.31. The van der Waals surface area contributed by atoms with E-state index in [1.807, 2.05) is 42.3 Å². The Bertz CT molecular complexity index is 657. The van der Waals surface area contributed by atoms with Crippen LogP contribution < -0.4 is 4.74 Å². The zero-order valence-electron chi connectivity index (χ0n) is 13.4. The number of ether oxygens (including phenoxy) is 1. The molecular formula is C19H22N2O2. The molecule has 1 aromatic heterocycles. The predicted octanol–water partition coefficient (Wildman–Crippen LogP) is 3.04. The van der Waals surface area contributed by atoms with Crippen LogP contribution in [0.4, 0.5) is 0 Å². The number of carbonyl (C=O) groups excluding carboxylic acids is 1. The molecule has 1 atom stereocenters. The summed E-state index contributed by atoms with van der Waals surface area (Å²) in [6.45, 7) is 1.42. The van der Waals surface area contributed by atoms with Gasteiger partial charge in [-0.15, -0.1) is 0 Å². The van der Waals surface area contributed by atoms with Gasteiger partial charge in [0.05, 0.1) is 6.61 Å². The number of benzene rings is 1. The van der Waals surface area contributed by atoms with Crippen molar-refractivity contribution in [3.05, 3.63) is 59.9 Å². The van der Waals surface area contributed by atoms with E-state index in [2.05, 4.69) is 11.1 Å². The van der Waals surface area contributed by atoms with Gasteiger partial charge in [-0.2, -0.15) is 0 Å². The summed E-state index contributed by atoms with van der Waals surface area (Å²) in [5.41, 5.74) is 2.37. The van der Waals surface area contributed by atoms with E-state index in [0.717, 1.165) is 30.7 Å². The molecule has 1 aromatic carbocycles. The zero-order valence-corrected chi connectivity index (χ0v) is 13.4. The second-order valence-electron chi connectivity index (χ2n) is 6.00. The van der Waals surface area contributed by atoms with Crippen LogP contribution >= 0.6 is 0 Å². The van der Waals surface area contributed by atoms with Gasteiger partial charge in [0.25, 0.3) is 0 Å². The van der Waals surface area contributed by atoms with Gasteiger partial charge in [0.15, 0.2) is 0 Å². The van der Waals surface area contributed by atoms with Gasteiger partial charge in [0.2, 0.25) is 5.91 Å². The Kier molecular flexibility index (Phi) is 4.91.